The molecule has 0 fully saturated rings. The van der Waals surface area contributed by atoms with Crippen molar-refractivity contribution in [3.63, 3.8) is 0 Å². The lowest BCUT2D eigenvalue weighted by Crippen LogP contribution is -2.11. The molecule has 1 unspecified atom stereocenters. The van der Waals surface area contributed by atoms with Crippen LogP contribution in [0.15, 0.2) is 35.7 Å². The molecule has 0 saturated heterocycles. The van der Waals surface area contributed by atoms with Gasteiger partial charge in [-0.2, -0.15) is 0 Å². The first-order valence-electron chi connectivity index (χ1n) is 4.83. The van der Waals surface area contributed by atoms with E-state index < -0.39 is 6.10 Å². The van der Waals surface area contributed by atoms with Crippen molar-refractivity contribution in [1.29, 1.82) is 0 Å². The fourth-order valence-electron chi connectivity index (χ4n) is 1.31. The Bertz CT molecular complexity index is 446. The zero-order valence-electron chi connectivity index (χ0n) is 8.43. The van der Waals surface area contributed by atoms with Crippen molar-refractivity contribution in [2.45, 2.75) is 6.10 Å². The van der Waals surface area contributed by atoms with Crippen LogP contribution in [0, 0.1) is 0 Å². The molecule has 1 heterocycles. The Kier molecular flexibility index (Phi) is 3.77. The van der Waals surface area contributed by atoms with Gasteiger partial charge in [-0.05, 0) is 5.56 Å². The Labute approximate surface area is 103 Å². The highest BCUT2D eigenvalue weighted by Gasteiger charge is 2.07. The van der Waals surface area contributed by atoms with Gasteiger partial charge in [0.25, 0.3) is 0 Å². The van der Waals surface area contributed by atoms with Crippen LogP contribution in [0.4, 0.5) is 5.13 Å². The smallest absolute Gasteiger partial charge is 0.184 e. The molecule has 0 spiro atoms. The monoisotopic (exact) mass is 254 g/mol. The predicted octanol–water partition coefficient (Wildman–Crippen LogP) is 2.94. The van der Waals surface area contributed by atoms with E-state index in [1.807, 2.05) is 30.3 Å². The van der Waals surface area contributed by atoms with Gasteiger partial charge in [-0.15, -0.1) is 11.3 Å². The molecule has 1 atom stereocenters. The fourth-order valence-corrected chi connectivity index (χ4v) is 2.16. The zero-order valence-corrected chi connectivity index (χ0v) is 10.0. The van der Waals surface area contributed by atoms with Crippen molar-refractivity contribution < 1.29 is 5.11 Å². The van der Waals surface area contributed by atoms with Crippen molar-refractivity contribution in [3.05, 3.63) is 46.4 Å². The molecule has 0 aliphatic heterocycles. The van der Waals surface area contributed by atoms with Crippen LogP contribution in [-0.4, -0.2) is 16.6 Å². The first-order valence-corrected chi connectivity index (χ1v) is 6.09. The fraction of sp³-hybridized carbons (Fsp3) is 0.182. The highest BCUT2D eigenvalue weighted by Crippen LogP contribution is 2.20. The van der Waals surface area contributed by atoms with Crippen LogP contribution >= 0.6 is 22.9 Å². The number of benzene rings is 1. The lowest BCUT2D eigenvalue weighted by molar-refractivity contribution is 0.191. The number of aromatic nitrogens is 1. The third-order valence-corrected chi connectivity index (χ3v) is 3.23. The van der Waals surface area contributed by atoms with Gasteiger partial charge in [0.1, 0.15) is 5.15 Å². The molecule has 2 rings (SSSR count). The van der Waals surface area contributed by atoms with Gasteiger partial charge in [0, 0.05) is 11.9 Å². The number of aliphatic hydroxyl groups excluding tert-OH is 1. The summed E-state index contributed by atoms with van der Waals surface area (Å²) < 4.78 is 0. The number of thiazole rings is 1. The van der Waals surface area contributed by atoms with Gasteiger partial charge in [-0.1, -0.05) is 41.9 Å². The number of nitrogens with one attached hydrogen (secondary N) is 1. The molecule has 0 aliphatic carbocycles. The molecule has 84 valence electrons. The van der Waals surface area contributed by atoms with Crippen LogP contribution in [0.2, 0.25) is 5.15 Å². The van der Waals surface area contributed by atoms with Crippen LogP contribution in [0.25, 0.3) is 0 Å². The van der Waals surface area contributed by atoms with E-state index in [-0.39, 0.29) is 0 Å². The molecular formula is C11H11ClN2OS. The minimum absolute atomic E-state index is 0.424. The standard InChI is InChI=1S/C11H11ClN2OS/c12-10-7-16-11(14-10)13-6-9(15)8-4-2-1-3-5-8/h1-5,7,9,15H,6H2,(H,13,14). The average molecular weight is 255 g/mol. The summed E-state index contributed by atoms with van der Waals surface area (Å²) in [5.41, 5.74) is 0.887. The molecule has 3 nitrogen and oxygen atoms in total. The third-order valence-electron chi connectivity index (χ3n) is 2.11. The summed E-state index contributed by atoms with van der Waals surface area (Å²) in [5, 5.41) is 15.9. The zero-order chi connectivity index (χ0) is 11.4. The molecule has 2 N–H and O–H groups in total. The molecular weight excluding hydrogens is 244 g/mol. The maximum absolute atomic E-state index is 9.87. The Balaban J connectivity index is 1.91. The van der Waals surface area contributed by atoms with Crippen LogP contribution < -0.4 is 5.32 Å². The lowest BCUT2D eigenvalue weighted by atomic mass is 10.1. The van der Waals surface area contributed by atoms with Gasteiger partial charge >= 0.3 is 0 Å². The second kappa shape index (κ2) is 5.30. The summed E-state index contributed by atoms with van der Waals surface area (Å²) >= 11 is 7.11. The van der Waals surface area contributed by atoms with E-state index in [4.69, 9.17) is 11.6 Å². The number of nitrogens with zero attached hydrogens (tertiary/aromatic N) is 1. The predicted molar refractivity (Wildman–Crippen MR) is 67.0 cm³/mol. The third kappa shape index (κ3) is 2.95. The van der Waals surface area contributed by atoms with Gasteiger partial charge in [0.2, 0.25) is 0 Å². The molecule has 1 aromatic heterocycles. The summed E-state index contributed by atoms with van der Waals surface area (Å²) in [5.74, 6) is 0. The van der Waals surface area contributed by atoms with Crippen LogP contribution in [0.5, 0.6) is 0 Å². The van der Waals surface area contributed by atoms with E-state index in [2.05, 4.69) is 10.3 Å². The van der Waals surface area contributed by atoms with Crippen molar-refractivity contribution >= 4 is 28.1 Å². The van der Waals surface area contributed by atoms with E-state index >= 15 is 0 Å². The maximum Gasteiger partial charge on any atom is 0.184 e. The topological polar surface area (TPSA) is 45.1 Å². The minimum Gasteiger partial charge on any atom is -0.387 e. The summed E-state index contributed by atoms with van der Waals surface area (Å²) in [4.78, 5) is 4.04. The van der Waals surface area contributed by atoms with Crippen molar-refractivity contribution in [2.75, 3.05) is 11.9 Å². The lowest BCUT2D eigenvalue weighted by Gasteiger charge is -2.10. The summed E-state index contributed by atoms with van der Waals surface area (Å²) in [7, 11) is 0. The summed E-state index contributed by atoms with van der Waals surface area (Å²) in [6, 6.07) is 9.50. The number of aliphatic hydroxyl groups is 1. The van der Waals surface area contributed by atoms with Crippen molar-refractivity contribution in [3.8, 4) is 0 Å². The molecule has 0 amide bonds. The number of hydrogen-bond acceptors (Lipinski definition) is 4. The maximum atomic E-state index is 9.87. The van der Waals surface area contributed by atoms with Crippen molar-refractivity contribution in [1.82, 2.24) is 4.98 Å². The Hall–Kier alpha value is -1.10. The van der Waals surface area contributed by atoms with Gasteiger partial charge in [-0.3, -0.25) is 0 Å². The quantitative estimate of drug-likeness (QED) is 0.882. The molecule has 0 radical (unpaired) electrons. The average Bonchev–Trinajstić information content (AvgIpc) is 2.73. The Morgan fingerprint density at radius 2 is 2.12 bits per heavy atom. The van der Waals surface area contributed by atoms with E-state index in [9.17, 15) is 5.11 Å². The first kappa shape index (κ1) is 11.4. The van der Waals surface area contributed by atoms with Gasteiger partial charge in [0.15, 0.2) is 5.13 Å². The molecule has 1 aromatic carbocycles. The van der Waals surface area contributed by atoms with Gasteiger partial charge in [0.05, 0.1) is 6.10 Å². The van der Waals surface area contributed by atoms with E-state index in [0.717, 1.165) is 10.7 Å². The molecule has 0 saturated carbocycles. The number of anilines is 1. The SMILES string of the molecule is OC(CNc1nc(Cl)cs1)c1ccccc1. The molecule has 16 heavy (non-hydrogen) atoms. The number of rotatable bonds is 4. The second-order valence-corrected chi connectivity index (χ2v) is 4.53. The van der Waals surface area contributed by atoms with E-state index in [1.165, 1.54) is 11.3 Å². The Morgan fingerprint density at radius 1 is 1.38 bits per heavy atom. The van der Waals surface area contributed by atoms with Gasteiger partial charge in [-0.25, -0.2) is 4.98 Å². The minimum atomic E-state index is -0.538. The van der Waals surface area contributed by atoms with Crippen LogP contribution in [0.1, 0.15) is 11.7 Å². The largest absolute Gasteiger partial charge is 0.387 e. The van der Waals surface area contributed by atoms with E-state index in [0.29, 0.717) is 11.7 Å². The summed E-state index contributed by atoms with van der Waals surface area (Å²) in [6.07, 6.45) is -0.538. The highest BCUT2D eigenvalue weighted by atomic mass is 35.5. The molecule has 2 aromatic rings. The molecule has 0 aliphatic rings. The van der Waals surface area contributed by atoms with E-state index in [1.54, 1.807) is 5.38 Å². The number of halogens is 1. The van der Waals surface area contributed by atoms with Gasteiger partial charge < -0.3 is 10.4 Å². The molecule has 0 bridgehead atoms. The normalized spacial score (nSPS) is 12.4. The second-order valence-electron chi connectivity index (χ2n) is 3.28. The number of hydrogen-bond donors (Lipinski definition) is 2. The Morgan fingerprint density at radius 3 is 2.75 bits per heavy atom. The molecule has 5 heteroatoms. The highest BCUT2D eigenvalue weighted by molar-refractivity contribution is 7.14. The summed E-state index contributed by atoms with van der Waals surface area (Å²) in [6.45, 7) is 0.424. The van der Waals surface area contributed by atoms with Crippen LogP contribution in [-0.2, 0) is 0 Å². The van der Waals surface area contributed by atoms with Crippen LogP contribution in [0.3, 0.4) is 0 Å². The first-order chi connectivity index (χ1) is 7.75. The van der Waals surface area contributed by atoms with Crippen molar-refractivity contribution in [2.24, 2.45) is 0 Å².